The molecule has 1 aromatic heterocycles. The molecule has 1 aromatic rings. The second-order valence-electron chi connectivity index (χ2n) is 4.55. The zero-order chi connectivity index (χ0) is 13.2. The minimum absolute atomic E-state index is 0.308. The number of carbonyl (C=O) groups is 1. The molecule has 0 saturated heterocycles. The zero-order valence-electron chi connectivity index (χ0n) is 10.8. The fourth-order valence-electron chi connectivity index (χ4n) is 1.42. The Balaban J connectivity index is 2.95. The molecule has 1 atom stereocenters. The van der Waals surface area contributed by atoms with Crippen molar-refractivity contribution in [3.63, 3.8) is 0 Å². The van der Waals surface area contributed by atoms with E-state index < -0.39 is 11.4 Å². The topological polar surface area (TPSA) is 96.2 Å². The summed E-state index contributed by atoms with van der Waals surface area (Å²) in [5.74, 6) is -0.166. The normalized spacial score (nSPS) is 14.4. The highest BCUT2D eigenvalue weighted by atomic mass is 16.5. The third-order valence-electron chi connectivity index (χ3n) is 2.76. The smallest absolute Gasteiger partial charge is 0.256 e. The van der Waals surface area contributed by atoms with Crippen LogP contribution in [0.25, 0.3) is 0 Å². The molecular formula is C11H20N4O2. The quantitative estimate of drug-likeness (QED) is 0.775. The fraction of sp³-hybridized carbons (Fsp3) is 0.636. The van der Waals surface area contributed by atoms with Gasteiger partial charge in [-0.05, 0) is 20.3 Å². The number of nitrogens with zero attached hydrogens (tertiary/aromatic N) is 2. The van der Waals surface area contributed by atoms with Gasteiger partial charge >= 0.3 is 0 Å². The summed E-state index contributed by atoms with van der Waals surface area (Å²) < 4.78 is 7.08. The molecule has 1 rings (SSSR count). The first-order chi connectivity index (χ1) is 7.78. The van der Waals surface area contributed by atoms with Gasteiger partial charge in [-0.25, -0.2) is 4.68 Å². The van der Waals surface area contributed by atoms with Crippen molar-refractivity contribution >= 4 is 5.91 Å². The van der Waals surface area contributed by atoms with Crippen LogP contribution in [0.4, 0.5) is 0 Å². The van der Waals surface area contributed by atoms with E-state index in [1.807, 2.05) is 13.8 Å². The summed E-state index contributed by atoms with van der Waals surface area (Å²) in [5, 5.41) is 4.11. The second kappa shape index (κ2) is 4.75. The molecule has 1 amide bonds. The molecule has 0 aliphatic carbocycles. The predicted octanol–water partition coefficient (Wildman–Crippen LogP) is 0.334. The molecule has 17 heavy (non-hydrogen) atoms. The van der Waals surface area contributed by atoms with Gasteiger partial charge in [0.05, 0.1) is 5.69 Å². The minimum atomic E-state index is -0.541. The van der Waals surface area contributed by atoms with Crippen LogP contribution in [0.15, 0.2) is 0 Å². The van der Waals surface area contributed by atoms with E-state index in [4.69, 9.17) is 16.2 Å². The Hall–Kier alpha value is -1.56. The average Bonchev–Trinajstić information content (AvgIpc) is 2.50. The first-order valence-corrected chi connectivity index (χ1v) is 5.53. The van der Waals surface area contributed by atoms with Gasteiger partial charge in [0, 0.05) is 12.6 Å². The highest BCUT2D eigenvalue weighted by Gasteiger charge is 2.23. The summed E-state index contributed by atoms with van der Waals surface area (Å²) in [6.45, 7) is 5.89. The van der Waals surface area contributed by atoms with E-state index in [2.05, 4.69) is 5.10 Å². The molecule has 0 radical (unpaired) electrons. The van der Waals surface area contributed by atoms with Crippen molar-refractivity contribution in [3.05, 3.63) is 11.3 Å². The molecule has 0 aromatic carbocycles. The van der Waals surface area contributed by atoms with E-state index in [1.54, 1.807) is 14.0 Å². The number of rotatable bonds is 5. The first kappa shape index (κ1) is 13.5. The number of carbonyl (C=O) groups excluding carboxylic acids is 1. The van der Waals surface area contributed by atoms with Crippen molar-refractivity contribution in [1.29, 1.82) is 0 Å². The van der Waals surface area contributed by atoms with Crippen LogP contribution in [0.3, 0.4) is 0 Å². The van der Waals surface area contributed by atoms with Gasteiger partial charge < -0.3 is 16.2 Å². The van der Waals surface area contributed by atoms with Gasteiger partial charge in [-0.1, -0.05) is 6.92 Å². The van der Waals surface area contributed by atoms with E-state index in [1.165, 1.54) is 4.68 Å². The number of aromatic nitrogens is 2. The van der Waals surface area contributed by atoms with Crippen LogP contribution >= 0.6 is 0 Å². The van der Waals surface area contributed by atoms with Crippen molar-refractivity contribution in [1.82, 2.24) is 9.78 Å². The SMILES string of the molecule is CCC(C)(N)COc1c(C(N)=O)c(C)nn1C. The zero-order valence-corrected chi connectivity index (χ0v) is 10.8. The molecule has 96 valence electrons. The van der Waals surface area contributed by atoms with E-state index >= 15 is 0 Å². The number of amides is 1. The molecule has 0 saturated carbocycles. The Bertz CT molecular complexity index is 423. The van der Waals surface area contributed by atoms with Crippen LogP contribution in [0, 0.1) is 6.92 Å². The summed E-state index contributed by atoms with van der Waals surface area (Å²) in [4.78, 5) is 11.3. The third-order valence-corrected chi connectivity index (χ3v) is 2.76. The Morgan fingerprint density at radius 2 is 2.18 bits per heavy atom. The molecule has 1 unspecified atom stereocenters. The van der Waals surface area contributed by atoms with Crippen molar-refractivity contribution in [2.75, 3.05) is 6.61 Å². The summed E-state index contributed by atoms with van der Waals surface area (Å²) >= 11 is 0. The van der Waals surface area contributed by atoms with E-state index in [0.717, 1.165) is 6.42 Å². The molecule has 0 aliphatic heterocycles. The van der Waals surface area contributed by atoms with Crippen LogP contribution < -0.4 is 16.2 Å². The van der Waals surface area contributed by atoms with Gasteiger partial charge in [0.2, 0.25) is 5.88 Å². The largest absolute Gasteiger partial charge is 0.475 e. The van der Waals surface area contributed by atoms with Crippen molar-refractivity contribution in [2.24, 2.45) is 18.5 Å². The highest BCUT2D eigenvalue weighted by molar-refractivity contribution is 5.96. The van der Waals surface area contributed by atoms with E-state index in [-0.39, 0.29) is 0 Å². The number of ether oxygens (including phenoxy) is 1. The van der Waals surface area contributed by atoms with Crippen molar-refractivity contribution < 1.29 is 9.53 Å². The maximum atomic E-state index is 11.3. The maximum Gasteiger partial charge on any atom is 0.256 e. The molecule has 4 N–H and O–H groups in total. The van der Waals surface area contributed by atoms with Gasteiger partial charge in [-0.3, -0.25) is 4.79 Å². The van der Waals surface area contributed by atoms with Crippen LogP contribution in [-0.4, -0.2) is 27.8 Å². The van der Waals surface area contributed by atoms with E-state index in [9.17, 15) is 4.79 Å². The number of hydrogen-bond acceptors (Lipinski definition) is 4. The Labute approximate surface area is 101 Å². The Kier molecular flexibility index (Phi) is 3.77. The lowest BCUT2D eigenvalue weighted by molar-refractivity contribution is 0.0993. The molecule has 0 spiro atoms. The van der Waals surface area contributed by atoms with Crippen LogP contribution in [0.2, 0.25) is 0 Å². The van der Waals surface area contributed by atoms with Gasteiger partial charge in [0.1, 0.15) is 12.2 Å². The third kappa shape index (κ3) is 2.97. The number of primary amides is 1. The molecule has 0 fully saturated rings. The van der Waals surface area contributed by atoms with Crippen LogP contribution in [0.5, 0.6) is 5.88 Å². The molecular weight excluding hydrogens is 220 g/mol. The lowest BCUT2D eigenvalue weighted by Gasteiger charge is -2.22. The predicted molar refractivity (Wildman–Crippen MR) is 64.8 cm³/mol. The second-order valence-corrected chi connectivity index (χ2v) is 4.55. The maximum absolute atomic E-state index is 11.3. The van der Waals surface area contributed by atoms with Gasteiger partial charge in [0.15, 0.2) is 0 Å². The number of aryl methyl sites for hydroxylation is 2. The summed E-state index contributed by atoms with van der Waals surface area (Å²) in [6, 6.07) is 0. The fourth-order valence-corrected chi connectivity index (χ4v) is 1.42. The summed E-state index contributed by atoms with van der Waals surface area (Å²) in [7, 11) is 1.70. The Morgan fingerprint density at radius 1 is 1.59 bits per heavy atom. The molecule has 6 heteroatoms. The van der Waals surface area contributed by atoms with Gasteiger partial charge in [-0.2, -0.15) is 5.10 Å². The summed E-state index contributed by atoms with van der Waals surface area (Å²) in [5.41, 5.74) is 11.7. The minimum Gasteiger partial charge on any atom is -0.475 e. The van der Waals surface area contributed by atoms with Crippen molar-refractivity contribution in [2.45, 2.75) is 32.7 Å². The van der Waals surface area contributed by atoms with Gasteiger partial charge in [-0.15, -0.1) is 0 Å². The number of nitrogens with two attached hydrogens (primary N) is 2. The standard InChI is InChI=1S/C11H20N4O2/c1-5-11(3,13)6-17-10-8(9(12)16)7(2)14-15(10)4/h5-6,13H2,1-4H3,(H2,12,16). The molecule has 6 nitrogen and oxygen atoms in total. The van der Waals surface area contributed by atoms with E-state index in [0.29, 0.717) is 23.7 Å². The monoisotopic (exact) mass is 240 g/mol. The van der Waals surface area contributed by atoms with Gasteiger partial charge in [0.25, 0.3) is 5.91 Å². The Morgan fingerprint density at radius 3 is 2.65 bits per heavy atom. The average molecular weight is 240 g/mol. The number of hydrogen-bond donors (Lipinski definition) is 2. The van der Waals surface area contributed by atoms with Crippen LogP contribution in [-0.2, 0) is 7.05 Å². The lowest BCUT2D eigenvalue weighted by Crippen LogP contribution is -2.42. The first-order valence-electron chi connectivity index (χ1n) is 5.53. The molecule has 0 bridgehead atoms. The lowest BCUT2D eigenvalue weighted by atomic mass is 10.0. The van der Waals surface area contributed by atoms with Crippen molar-refractivity contribution in [3.8, 4) is 5.88 Å². The summed E-state index contributed by atoms with van der Waals surface area (Å²) in [6.07, 6.45) is 0.774. The molecule has 1 heterocycles. The van der Waals surface area contributed by atoms with Crippen LogP contribution in [0.1, 0.15) is 36.3 Å². The highest BCUT2D eigenvalue weighted by Crippen LogP contribution is 2.21. The molecule has 0 aliphatic rings.